The van der Waals surface area contributed by atoms with Crippen molar-refractivity contribution in [1.29, 1.82) is 0 Å². The molecule has 0 aromatic heterocycles. The van der Waals surface area contributed by atoms with Crippen molar-refractivity contribution in [3.05, 3.63) is 0 Å². The van der Waals surface area contributed by atoms with Crippen LogP contribution in [-0.2, 0) is 9.53 Å². The summed E-state index contributed by atoms with van der Waals surface area (Å²) >= 11 is 0. The van der Waals surface area contributed by atoms with Crippen molar-refractivity contribution < 1.29 is 9.53 Å². The fourth-order valence-corrected chi connectivity index (χ4v) is 2.32. The van der Waals surface area contributed by atoms with Crippen molar-refractivity contribution in [3.63, 3.8) is 0 Å². The number of hydrogen-bond donors (Lipinski definition) is 2. The highest BCUT2D eigenvalue weighted by molar-refractivity contribution is 5.80. The zero-order valence-electron chi connectivity index (χ0n) is 11.8. The molecule has 0 saturated carbocycles. The highest BCUT2D eigenvalue weighted by Crippen LogP contribution is 2.21. The predicted molar refractivity (Wildman–Crippen MR) is 71.8 cm³/mol. The summed E-state index contributed by atoms with van der Waals surface area (Å²) in [5.74, 6) is 5.62. The van der Waals surface area contributed by atoms with Gasteiger partial charge in [0, 0.05) is 13.1 Å². The molecule has 3 N–H and O–H groups in total. The minimum Gasteiger partial charge on any atom is -0.364 e. The van der Waals surface area contributed by atoms with Gasteiger partial charge in [-0.05, 0) is 25.3 Å². The number of nitrogens with two attached hydrogens (primary N) is 1. The summed E-state index contributed by atoms with van der Waals surface area (Å²) in [6.45, 7) is 9.68. The van der Waals surface area contributed by atoms with E-state index in [0.717, 1.165) is 32.5 Å². The Kier molecular flexibility index (Phi) is 6.60. The fraction of sp³-hybridized carbons (Fsp3) is 0.923. The highest BCUT2D eigenvalue weighted by atomic mass is 16.5. The predicted octanol–water partition coefficient (Wildman–Crippen LogP) is 0.892. The van der Waals surface area contributed by atoms with Crippen molar-refractivity contribution >= 4 is 5.91 Å². The van der Waals surface area contributed by atoms with Crippen molar-refractivity contribution in [1.82, 2.24) is 10.3 Å². The number of carbonyl (C=O) groups excluding carboxylic acids is 1. The van der Waals surface area contributed by atoms with Gasteiger partial charge in [0.25, 0.3) is 5.91 Å². The second-order valence-electron chi connectivity index (χ2n) is 5.20. The SMILES string of the molecule is CCC(C)CN(CC)CC1CCC(C(=O)NN)O1. The van der Waals surface area contributed by atoms with Crippen LogP contribution >= 0.6 is 0 Å². The summed E-state index contributed by atoms with van der Waals surface area (Å²) in [7, 11) is 0. The average molecular weight is 257 g/mol. The Hall–Kier alpha value is -0.650. The summed E-state index contributed by atoms with van der Waals surface area (Å²) < 4.78 is 5.73. The first-order valence-corrected chi connectivity index (χ1v) is 6.98. The van der Waals surface area contributed by atoms with Gasteiger partial charge in [0.1, 0.15) is 6.10 Å². The largest absolute Gasteiger partial charge is 0.364 e. The Balaban J connectivity index is 2.36. The zero-order chi connectivity index (χ0) is 13.5. The topological polar surface area (TPSA) is 67.6 Å². The average Bonchev–Trinajstić information content (AvgIpc) is 2.85. The molecule has 3 unspecified atom stereocenters. The molecule has 0 bridgehead atoms. The number of carbonyl (C=O) groups is 1. The van der Waals surface area contributed by atoms with Crippen LogP contribution in [0.25, 0.3) is 0 Å². The van der Waals surface area contributed by atoms with E-state index in [-0.39, 0.29) is 18.1 Å². The fourth-order valence-electron chi connectivity index (χ4n) is 2.32. The second-order valence-corrected chi connectivity index (χ2v) is 5.20. The first-order valence-electron chi connectivity index (χ1n) is 6.98. The van der Waals surface area contributed by atoms with Gasteiger partial charge < -0.3 is 9.64 Å². The van der Waals surface area contributed by atoms with Crippen LogP contribution in [-0.4, -0.2) is 42.6 Å². The van der Waals surface area contributed by atoms with Crippen LogP contribution in [0.2, 0.25) is 0 Å². The number of nitrogens with one attached hydrogen (secondary N) is 1. The van der Waals surface area contributed by atoms with E-state index in [1.807, 2.05) is 0 Å². The summed E-state index contributed by atoms with van der Waals surface area (Å²) in [6, 6.07) is 0. The number of nitrogens with zero attached hydrogens (tertiary/aromatic N) is 1. The summed E-state index contributed by atoms with van der Waals surface area (Å²) in [6.07, 6.45) is 2.71. The molecule has 1 heterocycles. The molecule has 1 aliphatic heterocycles. The highest BCUT2D eigenvalue weighted by Gasteiger charge is 2.31. The van der Waals surface area contributed by atoms with Crippen molar-refractivity contribution in [2.24, 2.45) is 11.8 Å². The van der Waals surface area contributed by atoms with E-state index in [9.17, 15) is 4.79 Å². The maximum Gasteiger partial charge on any atom is 0.263 e. The number of hydrogen-bond acceptors (Lipinski definition) is 4. The Morgan fingerprint density at radius 2 is 2.22 bits per heavy atom. The van der Waals surface area contributed by atoms with Gasteiger partial charge in [0.2, 0.25) is 0 Å². The maximum absolute atomic E-state index is 11.4. The van der Waals surface area contributed by atoms with Crippen LogP contribution < -0.4 is 11.3 Å². The Morgan fingerprint density at radius 3 is 2.78 bits per heavy atom. The Labute approximate surface area is 110 Å². The molecule has 5 nitrogen and oxygen atoms in total. The lowest BCUT2D eigenvalue weighted by molar-refractivity contribution is -0.132. The summed E-state index contributed by atoms with van der Waals surface area (Å²) in [5.41, 5.74) is 2.16. The molecular weight excluding hydrogens is 230 g/mol. The molecule has 0 aromatic rings. The third-order valence-electron chi connectivity index (χ3n) is 3.72. The molecular formula is C13H27N3O2. The number of hydrazine groups is 1. The van der Waals surface area contributed by atoms with Gasteiger partial charge in [-0.3, -0.25) is 10.2 Å². The monoisotopic (exact) mass is 257 g/mol. The zero-order valence-corrected chi connectivity index (χ0v) is 11.8. The molecule has 0 aromatic carbocycles. The first-order chi connectivity index (χ1) is 8.60. The molecule has 0 radical (unpaired) electrons. The quantitative estimate of drug-likeness (QED) is 0.404. The standard InChI is InChI=1S/C13H27N3O2/c1-4-10(3)8-16(5-2)9-11-6-7-12(18-11)13(17)15-14/h10-12H,4-9,14H2,1-3H3,(H,15,17). The molecule has 0 spiro atoms. The molecule has 1 aliphatic rings. The maximum atomic E-state index is 11.4. The third kappa shape index (κ3) is 4.55. The smallest absolute Gasteiger partial charge is 0.263 e. The first kappa shape index (κ1) is 15.4. The van der Waals surface area contributed by atoms with Crippen molar-refractivity contribution in [3.8, 4) is 0 Å². The van der Waals surface area contributed by atoms with Gasteiger partial charge in [0.15, 0.2) is 0 Å². The lowest BCUT2D eigenvalue weighted by Gasteiger charge is -2.26. The van der Waals surface area contributed by atoms with E-state index in [2.05, 4.69) is 31.1 Å². The lowest BCUT2D eigenvalue weighted by Crippen LogP contribution is -2.40. The van der Waals surface area contributed by atoms with E-state index in [1.165, 1.54) is 6.42 Å². The van der Waals surface area contributed by atoms with Gasteiger partial charge in [0.05, 0.1) is 6.10 Å². The molecule has 1 amide bonds. The van der Waals surface area contributed by atoms with E-state index >= 15 is 0 Å². The van der Waals surface area contributed by atoms with Crippen LogP contribution in [0, 0.1) is 5.92 Å². The van der Waals surface area contributed by atoms with Crippen molar-refractivity contribution in [2.75, 3.05) is 19.6 Å². The summed E-state index contributed by atoms with van der Waals surface area (Å²) in [4.78, 5) is 13.8. The molecule has 0 aliphatic carbocycles. The molecule has 5 heteroatoms. The van der Waals surface area contributed by atoms with E-state index < -0.39 is 0 Å². The molecule has 1 saturated heterocycles. The number of rotatable bonds is 7. The van der Waals surface area contributed by atoms with Crippen LogP contribution in [0.4, 0.5) is 0 Å². The van der Waals surface area contributed by atoms with Gasteiger partial charge in [-0.1, -0.05) is 27.2 Å². The Bertz CT molecular complexity index is 261. The van der Waals surface area contributed by atoms with E-state index in [1.54, 1.807) is 0 Å². The second kappa shape index (κ2) is 7.71. The molecule has 106 valence electrons. The van der Waals surface area contributed by atoms with Crippen LogP contribution in [0.3, 0.4) is 0 Å². The van der Waals surface area contributed by atoms with E-state index in [4.69, 9.17) is 10.6 Å². The lowest BCUT2D eigenvalue weighted by atomic mass is 10.1. The molecule has 3 atom stereocenters. The van der Waals surface area contributed by atoms with Crippen LogP contribution in [0.1, 0.15) is 40.0 Å². The Morgan fingerprint density at radius 1 is 1.50 bits per heavy atom. The minimum absolute atomic E-state index is 0.163. The van der Waals surface area contributed by atoms with Gasteiger partial charge in [-0.2, -0.15) is 0 Å². The molecule has 1 rings (SSSR count). The number of amides is 1. The number of likely N-dealkylation sites (N-methyl/N-ethyl adjacent to an activating group) is 1. The molecule has 1 fully saturated rings. The molecule has 18 heavy (non-hydrogen) atoms. The van der Waals surface area contributed by atoms with Crippen LogP contribution in [0.5, 0.6) is 0 Å². The van der Waals surface area contributed by atoms with Gasteiger partial charge in [-0.15, -0.1) is 0 Å². The van der Waals surface area contributed by atoms with Gasteiger partial charge in [-0.25, -0.2) is 5.84 Å². The normalized spacial score (nSPS) is 25.4. The third-order valence-corrected chi connectivity index (χ3v) is 3.72. The number of ether oxygens (including phenoxy) is 1. The van der Waals surface area contributed by atoms with E-state index in [0.29, 0.717) is 5.92 Å². The van der Waals surface area contributed by atoms with Crippen LogP contribution in [0.15, 0.2) is 0 Å². The van der Waals surface area contributed by atoms with Crippen molar-refractivity contribution in [2.45, 2.75) is 52.2 Å². The minimum atomic E-state index is -0.359. The van der Waals surface area contributed by atoms with Gasteiger partial charge >= 0.3 is 0 Å². The summed E-state index contributed by atoms with van der Waals surface area (Å²) in [5, 5.41) is 0.